The van der Waals surface area contributed by atoms with Crippen molar-refractivity contribution in [3.63, 3.8) is 0 Å². The molecular formula is C70H129NO3. The molecule has 0 saturated carbocycles. The Hall–Kier alpha value is -2.17. The van der Waals surface area contributed by atoms with Gasteiger partial charge in [-0.2, -0.15) is 0 Å². The SMILES string of the molecule is CC/C=C\C/C=C\C/C=C\C/C=C\C/C=C\C/C=C\CCCCCCCCCCCCCCCCCCCCCCCCC(=O)NC(CO)C(O)CCCCCCCCCCCCCCCCCCCCCCC. The van der Waals surface area contributed by atoms with Gasteiger partial charge in [-0.25, -0.2) is 0 Å². The molecule has 0 aromatic rings. The lowest BCUT2D eigenvalue weighted by molar-refractivity contribution is -0.123. The van der Waals surface area contributed by atoms with Gasteiger partial charge in [0.2, 0.25) is 5.91 Å². The molecule has 0 aliphatic carbocycles. The third-order valence-corrected chi connectivity index (χ3v) is 15.2. The number of rotatable bonds is 61. The maximum atomic E-state index is 12.5. The second-order valence-electron chi connectivity index (χ2n) is 22.5. The van der Waals surface area contributed by atoms with Crippen LogP contribution in [0.2, 0.25) is 0 Å². The van der Waals surface area contributed by atoms with E-state index in [4.69, 9.17) is 0 Å². The minimum atomic E-state index is -0.660. The van der Waals surface area contributed by atoms with Crippen molar-refractivity contribution in [2.45, 2.75) is 360 Å². The number of carbonyl (C=O) groups excluding carboxylic acids is 1. The zero-order valence-electron chi connectivity index (χ0n) is 49.9. The maximum absolute atomic E-state index is 12.5. The number of unbranched alkanes of at least 4 members (excludes halogenated alkanes) is 42. The second kappa shape index (κ2) is 65.1. The van der Waals surface area contributed by atoms with E-state index >= 15 is 0 Å². The number of hydrogen-bond acceptors (Lipinski definition) is 3. The second-order valence-corrected chi connectivity index (χ2v) is 22.5. The average Bonchev–Trinajstić information content (AvgIpc) is 3.40. The molecule has 0 aromatic heterocycles. The fraction of sp³-hybridized carbons (Fsp3) is 0.814. The van der Waals surface area contributed by atoms with Crippen molar-refractivity contribution in [3.05, 3.63) is 72.9 Å². The van der Waals surface area contributed by atoms with Gasteiger partial charge in [0, 0.05) is 6.42 Å². The minimum absolute atomic E-state index is 0.0253. The predicted octanol–water partition coefficient (Wildman–Crippen LogP) is 22.5. The zero-order valence-corrected chi connectivity index (χ0v) is 49.9. The molecule has 74 heavy (non-hydrogen) atoms. The van der Waals surface area contributed by atoms with E-state index in [1.807, 2.05) is 0 Å². The predicted molar refractivity (Wildman–Crippen MR) is 331 cm³/mol. The molecule has 0 rings (SSSR count). The lowest BCUT2D eigenvalue weighted by Crippen LogP contribution is -2.45. The monoisotopic (exact) mass is 1030 g/mol. The van der Waals surface area contributed by atoms with E-state index < -0.39 is 12.1 Å². The van der Waals surface area contributed by atoms with Crippen LogP contribution >= 0.6 is 0 Å². The smallest absolute Gasteiger partial charge is 0.220 e. The molecule has 0 fully saturated rings. The molecule has 0 radical (unpaired) electrons. The molecule has 0 saturated heterocycles. The van der Waals surface area contributed by atoms with E-state index in [2.05, 4.69) is 92.1 Å². The van der Waals surface area contributed by atoms with Crippen molar-refractivity contribution in [3.8, 4) is 0 Å². The van der Waals surface area contributed by atoms with Crippen LogP contribution in [0.3, 0.4) is 0 Å². The van der Waals surface area contributed by atoms with Crippen LogP contribution < -0.4 is 5.32 Å². The molecule has 2 atom stereocenters. The molecule has 0 bridgehead atoms. The summed E-state index contributed by atoms with van der Waals surface area (Å²) in [5.41, 5.74) is 0. The molecule has 1 amide bonds. The quantitative estimate of drug-likeness (QED) is 0.0420. The highest BCUT2D eigenvalue weighted by molar-refractivity contribution is 5.76. The number of carbonyl (C=O) groups is 1. The Morgan fingerprint density at radius 1 is 0.338 bits per heavy atom. The molecular weight excluding hydrogens is 903 g/mol. The first-order valence-electron chi connectivity index (χ1n) is 33.1. The fourth-order valence-electron chi connectivity index (χ4n) is 10.3. The van der Waals surface area contributed by atoms with Crippen LogP contribution in [0.5, 0.6) is 0 Å². The van der Waals surface area contributed by atoms with Crippen molar-refractivity contribution in [1.29, 1.82) is 0 Å². The lowest BCUT2D eigenvalue weighted by atomic mass is 10.0. The number of nitrogens with one attached hydrogen (secondary N) is 1. The van der Waals surface area contributed by atoms with Gasteiger partial charge in [-0.05, 0) is 64.2 Å². The van der Waals surface area contributed by atoms with Crippen LogP contribution in [-0.2, 0) is 4.79 Å². The van der Waals surface area contributed by atoms with Gasteiger partial charge in [0.1, 0.15) is 0 Å². The van der Waals surface area contributed by atoms with Gasteiger partial charge in [0.15, 0.2) is 0 Å². The number of amides is 1. The van der Waals surface area contributed by atoms with Gasteiger partial charge >= 0.3 is 0 Å². The van der Waals surface area contributed by atoms with E-state index in [0.717, 1.165) is 64.2 Å². The van der Waals surface area contributed by atoms with Crippen LogP contribution in [0.15, 0.2) is 72.9 Å². The molecule has 0 aromatic carbocycles. The lowest BCUT2D eigenvalue weighted by Gasteiger charge is -2.22. The van der Waals surface area contributed by atoms with Crippen molar-refractivity contribution in [2.24, 2.45) is 0 Å². The fourth-order valence-corrected chi connectivity index (χ4v) is 10.3. The Labute approximate surface area is 463 Å². The summed E-state index contributed by atoms with van der Waals surface area (Å²) in [6.45, 7) is 4.28. The van der Waals surface area contributed by atoms with E-state index in [1.54, 1.807) is 0 Å². The molecule has 0 aliphatic heterocycles. The normalized spacial score (nSPS) is 13.2. The highest BCUT2D eigenvalue weighted by atomic mass is 16.3. The van der Waals surface area contributed by atoms with Crippen LogP contribution in [0.4, 0.5) is 0 Å². The van der Waals surface area contributed by atoms with Crippen LogP contribution in [0.1, 0.15) is 348 Å². The van der Waals surface area contributed by atoms with Gasteiger partial charge < -0.3 is 15.5 Å². The molecule has 0 heterocycles. The molecule has 2 unspecified atom stereocenters. The topological polar surface area (TPSA) is 69.6 Å². The number of aliphatic hydroxyl groups is 2. The van der Waals surface area contributed by atoms with Gasteiger partial charge in [0.05, 0.1) is 18.8 Å². The van der Waals surface area contributed by atoms with Crippen molar-refractivity contribution < 1.29 is 15.0 Å². The van der Waals surface area contributed by atoms with Crippen LogP contribution in [0, 0.1) is 0 Å². The minimum Gasteiger partial charge on any atom is -0.394 e. The Morgan fingerprint density at radius 2 is 0.595 bits per heavy atom. The summed E-state index contributed by atoms with van der Waals surface area (Å²) in [6.07, 6.45) is 93.7. The third kappa shape index (κ3) is 60.7. The molecule has 4 heteroatoms. The Balaban J connectivity index is 3.41. The van der Waals surface area contributed by atoms with Crippen molar-refractivity contribution in [2.75, 3.05) is 6.61 Å². The summed E-state index contributed by atoms with van der Waals surface area (Å²) in [5, 5.41) is 23.4. The summed E-state index contributed by atoms with van der Waals surface area (Å²) in [4.78, 5) is 12.5. The van der Waals surface area contributed by atoms with Crippen LogP contribution in [0.25, 0.3) is 0 Å². The summed E-state index contributed by atoms with van der Waals surface area (Å²) in [7, 11) is 0. The maximum Gasteiger partial charge on any atom is 0.220 e. The van der Waals surface area contributed by atoms with E-state index in [0.29, 0.717) is 12.8 Å². The first kappa shape index (κ1) is 71.8. The highest BCUT2D eigenvalue weighted by Crippen LogP contribution is 2.18. The zero-order chi connectivity index (χ0) is 53.4. The van der Waals surface area contributed by atoms with Crippen LogP contribution in [-0.4, -0.2) is 34.9 Å². The first-order chi connectivity index (χ1) is 36.7. The third-order valence-electron chi connectivity index (χ3n) is 15.2. The van der Waals surface area contributed by atoms with Crippen molar-refractivity contribution in [1.82, 2.24) is 5.32 Å². The summed E-state index contributed by atoms with van der Waals surface area (Å²) < 4.78 is 0. The van der Waals surface area contributed by atoms with E-state index in [9.17, 15) is 15.0 Å². The Kier molecular flexibility index (Phi) is 63.2. The highest BCUT2D eigenvalue weighted by Gasteiger charge is 2.20. The van der Waals surface area contributed by atoms with E-state index in [-0.39, 0.29) is 12.5 Å². The van der Waals surface area contributed by atoms with Gasteiger partial charge in [-0.1, -0.05) is 350 Å². The summed E-state index contributed by atoms with van der Waals surface area (Å²) in [6, 6.07) is -0.537. The van der Waals surface area contributed by atoms with Gasteiger partial charge in [-0.15, -0.1) is 0 Å². The summed E-state index contributed by atoms with van der Waals surface area (Å²) in [5.74, 6) is -0.0253. The molecule has 0 spiro atoms. The largest absolute Gasteiger partial charge is 0.394 e. The Morgan fingerprint density at radius 3 is 0.892 bits per heavy atom. The molecule has 432 valence electrons. The van der Waals surface area contributed by atoms with E-state index in [1.165, 1.54) is 257 Å². The number of aliphatic hydroxyl groups excluding tert-OH is 2. The van der Waals surface area contributed by atoms with Gasteiger partial charge in [0.25, 0.3) is 0 Å². The average molecular weight is 1030 g/mol. The molecule has 3 N–H and O–H groups in total. The standard InChI is InChI=1S/C70H129NO3/c1-3-5-7-9-11-13-15-17-19-21-23-25-26-27-28-29-30-31-32-33-34-35-36-37-38-39-40-41-42-43-44-46-48-50-52-54-56-58-60-62-64-66-70(74)71-68(67-72)69(73)65-63-61-59-57-55-53-51-49-47-45-24-22-20-18-16-14-12-10-8-6-4-2/h5,7,11,13,17,19,23,25,27-28,30-31,68-69,72-73H,3-4,6,8-10,12,14-16,18,20-22,24,26,29,32-67H2,1-2H3,(H,71,74)/b7-5-,13-11-,19-17-,25-23-,28-27-,31-30-. The van der Waals surface area contributed by atoms with Gasteiger partial charge in [-0.3, -0.25) is 4.79 Å². The first-order valence-corrected chi connectivity index (χ1v) is 33.1. The Bertz CT molecular complexity index is 1260. The summed E-state index contributed by atoms with van der Waals surface area (Å²) >= 11 is 0. The number of hydrogen-bond donors (Lipinski definition) is 3. The van der Waals surface area contributed by atoms with Crippen molar-refractivity contribution >= 4 is 5.91 Å². The molecule has 4 nitrogen and oxygen atoms in total. The molecule has 0 aliphatic rings. The number of allylic oxidation sites excluding steroid dienone is 12.